The third-order valence-corrected chi connectivity index (χ3v) is 4.35. The molecule has 3 aliphatic heterocycles. The summed E-state index contributed by atoms with van der Waals surface area (Å²) in [5.41, 5.74) is 1.32. The predicted octanol–water partition coefficient (Wildman–Crippen LogP) is 1.20. The highest BCUT2D eigenvalue weighted by Crippen LogP contribution is 2.42. The summed E-state index contributed by atoms with van der Waals surface area (Å²) in [4.78, 5) is 12.3. The average molecular weight is 353 g/mol. The second-order valence-electron chi connectivity index (χ2n) is 7.38. The van der Waals surface area contributed by atoms with Crippen molar-refractivity contribution < 1.29 is 28.9 Å². The van der Waals surface area contributed by atoms with Crippen LogP contribution in [0.2, 0.25) is 0 Å². The van der Waals surface area contributed by atoms with Crippen LogP contribution in [0.5, 0.6) is 0 Å². The number of hydrogen-bond donors (Lipinski definition) is 2. The lowest BCUT2D eigenvalue weighted by atomic mass is 10.1. The molecule has 0 aliphatic carbocycles. The summed E-state index contributed by atoms with van der Waals surface area (Å²) in [5.74, 6) is -0.847. The van der Waals surface area contributed by atoms with E-state index >= 15 is 0 Å². The molecule has 2 fully saturated rings. The average Bonchev–Trinajstić information content (AvgIpc) is 3.24. The standard InChI is InChI=1S/C16H23N3O6/c1-15(2)21-7-10(22-15)13-12(23-16(3,4)24-13)9-6-17-14(18-9)8-5-11(20)25-19-8/h6,10-13,20H,5,7H2,1-4H3,(H,17,18)/t10-,11?,12-,13-/m1/s1. The highest BCUT2D eigenvalue weighted by atomic mass is 16.8. The third kappa shape index (κ3) is 3.30. The fraction of sp³-hybridized carbons (Fsp3) is 0.750. The zero-order valence-corrected chi connectivity index (χ0v) is 14.7. The molecule has 4 heterocycles. The SMILES string of the molecule is CC1(C)O[C@H]([C@H]2COC(C)(C)O2)[C@@H](c2cnc(C3=NOC(O)C3)[nH]2)O1. The number of nitrogens with one attached hydrogen (secondary N) is 1. The molecule has 4 atom stereocenters. The Labute approximate surface area is 145 Å². The van der Waals surface area contributed by atoms with Gasteiger partial charge >= 0.3 is 0 Å². The summed E-state index contributed by atoms with van der Waals surface area (Å²) >= 11 is 0. The fourth-order valence-corrected chi connectivity index (χ4v) is 3.31. The molecule has 0 saturated carbocycles. The zero-order chi connectivity index (χ0) is 17.8. The molecule has 1 aromatic rings. The highest BCUT2D eigenvalue weighted by Gasteiger charge is 2.50. The molecule has 0 amide bonds. The minimum atomic E-state index is -0.924. The smallest absolute Gasteiger partial charge is 0.230 e. The number of nitrogens with zero attached hydrogens (tertiary/aromatic N) is 2. The fourth-order valence-electron chi connectivity index (χ4n) is 3.31. The molecule has 1 aromatic heterocycles. The van der Waals surface area contributed by atoms with E-state index in [0.29, 0.717) is 18.1 Å². The quantitative estimate of drug-likeness (QED) is 0.840. The molecule has 4 rings (SSSR count). The first kappa shape index (κ1) is 16.9. The second-order valence-corrected chi connectivity index (χ2v) is 7.38. The molecule has 1 unspecified atom stereocenters. The second kappa shape index (κ2) is 5.75. The van der Waals surface area contributed by atoms with Gasteiger partial charge in [-0.05, 0) is 27.7 Å². The van der Waals surface area contributed by atoms with Gasteiger partial charge in [-0.2, -0.15) is 0 Å². The lowest BCUT2D eigenvalue weighted by Crippen LogP contribution is -2.35. The normalized spacial score (nSPS) is 36.4. The largest absolute Gasteiger partial charge is 0.363 e. The summed E-state index contributed by atoms with van der Waals surface area (Å²) in [6, 6.07) is 0. The molecule has 0 spiro atoms. The van der Waals surface area contributed by atoms with Gasteiger partial charge in [0.05, 0.1) is 24.9 Å². The minimum absolute atomic E-state index is 0.248. The lowest BCUT2D eigenvalue weighted by molar-refractivity contribution is -0.174. The Hall–Kier alpha value is -1.52. The number of aromatic nitrogens is 2. The van der Waals surface area contributed by atoms with Crippen molar-refractivity contribution in [2.75, 3.05) is 6.61 Å². The van der Waals surface area contributed by atoms with E-state index in [2.05, 4.69) is 15.1 Å². The summed E-state index contributed by atoms with van der Waals surface area (Å²) in [6.45, 7) is 7.91. The molecule has 2 N–H and O–H groups in total. The van der Waals surface area contributed by atoms with Crippen LogP contribution in [-0.2, 0) is 23.8 Å². The Morgan fingerprint density at radius 3 is 2.60 bits per heavy atom. The lowest BCUT2D eigenvalue weighted by Gasteiger charge is -2.23. The van der Waals surface area contributed by atoms with Crippen LogP contribution < -0.4 is 0 Å². The van der Waals surface area contributed by atoms with Crippen LogP contribution in [0, 0.1) is 0 Å². The van der Waals surface area contributed by atoms with Gasteiger partial charge in [-0.15, -0.1) is 0 Å². The van der Waals surface area contributed by atoms with Gasteiger partial charge in [-0.1, -0.05) is 5.16 Å². The number of rotatable bonds is 3. The Balaban J connectivity index is 1.56. The summed E-state index contributed by atoms with van der Waals surface area (Å²) < 4.78 is 23.8. The van der Waals surface area contributed by atoms with E-state index in [1.165, 1.54) is 0 Å². The van der Waals surface area contributed by atoms with Gasteiger partial charge < -0.3 is 33.9 Å². The van der Waals surface area contributed by atoms with E-state index in [0.717, 1.165) is 5.69 Å². The van der Waals surface area contributed by atoms with Crippen LogP contribution in [0.25, 0.3) is 0 Å². The van der Waals surface area contributed by atoms with Crippen molar-refractivity contribution in [1.29, 1.82) is 0 Å². The first-order chi connectivity index (χ1) is 11.7. The van der Waals surface area contributed by atoms with Crippen molar-refractivity contribution in [3.05, 3.63) is 17.7 Å². The summed E-state index contributed by atoms with van der Waals surface area (Å²) in [5, 5.41) is 13.3. The molecule has 3 aliphatic rings. The van der Waals surface area contributed by atoms with Gasteiger partial charge in [-0.25, -0.2) is 4.98 Å². The molecular formula is C16H23N3O6. The van der Waals surface area contributed by atoms with Crippen LogP contribution in [0.15, 0.2) is 11.4 Å². The Bertz CT molecular complexity index is 685. The monoisotopic (exact) mass is 353 g/mol. The Kier molecular flexibility index (Phi) is 3.89. The number of aliphatic hydroxyl groups is 1. The molecule has 9 heteroatoms. The number of ether oxygens (including phenoxy) is 4. The van der Waals surface area contributed by atoms with Gasteiger partial charge in [0, 0.05) is 0 Å². The van der Waals surface area contributed by atoms with Gasteiger partial charge in [0.15, 0.2) is 17.4 Å². The molecule has 25 heavy (non-hydrogen) atoms. The maximum Gasteiger partial charge on any atom is 0.230 e. The van der Waals surface area contributed by atoms with Crippen LogP contribution in [0.1, 0.15) is 51.7 Å². The van der Waals surface area contributed by atoms with Gasteiger partial charge in [-0.3, -0.25) is 0 Å². The molecule has 0 aromatic carbocycles. The molecular weight excluding hydrogens is 330 g/mol. The van der Waals surface area contributed by atoms with Crippen LogP contribution in [0.3, 0.4) is 0 Å². The maximum absolute atomic E-state index is 9.43. The number of imidazole rings is 1. The zero-order valence-electron chi connectivity index (χ0n) is 14.7. The summed E-state index contributed by atoms with van der Waals surface area (Å²) in [7, 11) is 0. The first-order valence-corrected chi connectivity index (χ1v) is 8.36. The van der Waals surface area contributed by atoms with Gasteiger partial charge in [0.2, 0.25) is 6.29 Å². The number of H-pyrrole nitrogens is 1. The van der Waals surface area contributed by atoms with E-state index in [9.17, 15) is 5.11 Å². The number of hydrogen-bond acceptors (Lipinski definition) is 8. The third-order valence-electron chi connectivity index (χ3n) is 4.35. The van der Waals surface area contributed by atoms with Crippen molar-refractivity contribution in [2.24, 2.45) is 5.16 Å². The molecule has 0 bridgehead atoms. The van der Waals surface area contributed by atoms with E-state index in [1.54, 1.807) is 6.20 Å². The minimum Gasteiger partial charge on any atom is -0.363 e. The molecule has 138 valence electrons. The van der Waals surface area contributed by atoms with Crippen LogP contribution >= 0.6 is 0 Å². The number of aliphatic hydroxyl groups excluding tert-OH is 1. The van der Waals surface area contributed by atoms with Crippen molar-refractivity contribution in [1.82, 2.24) is 9.97 Å². The summed E-state index contributed by atoms with van der Waals surface area (Å²) in [6.07, 6.45) is 0.0861. The Morgan fingerprint density at radius 1 is 1.16 bits per heavy atom. The van der Waals surface area contributed by atoms with Crippen molar-refractivity contribution in [2.45, 2.75) is 70.3 Å². The van der Waals surface area contributed by atoms with E-state index < -0.39 is 17.9 Å². The number of oxime groups is 1. The van der Waals surface area contributed by atoms with Crippen LogP contribution in [-0.4, -0.2) is 57.5 Å². The van der Waals surface area contributed by atoms with E-state index in [-0.39, 0.29) is 24.7 Å². The van der Waals surface area contributed by atoms with E-state index in [4.69, 9.17) is 23.8 Å². The molecule has 9 nitrogen and oxygen atoms in total. The highest BCUT2D eigenvalue weighted by molar-refractivity contribution is 5.98. The Morgan fingerprint density at radius 2 is 1.96 bits per heavy atom. The van der Waals surface area contributed by atoms with Gasteiger partial charge in [0.25, 0.3) is 0 Å². The molecule has 0 radical (unpaired) electrons. The van der Waals surface area contributed by atoms with Crippen molar-refractivity contribution in [3.63, 3.8) is 0 Å². The number of aromatic amines is 1. The topological polar surface area (TPSA) is 107 Å². The van der Waals surface area contributed by atoms with Crippen molar-refractivity contribution >= 4 is 5.71 Å². The van der Waals surface area contributed by atoms with E-state index in [1.807, 2.05) is 27.7 Å². The van der Waals surface area contributed by atoms with Crippen LogP contribution in [0.4, 0.5) is 0 Å². The van der Waals surface area contributed by atoms with Gasteiger partial charge in [0.1, 0.15) is 24.0 Å². The first-order valence-electron chi connectivity index (χ1n) is 8.36. The molecule has 2 saturated heterocycles. The maximum atomic E-state index is 9.43. The predicted molar refractivity (Wildman–Crippen MR) is 84.5 cm³/mol. The van der Waals surface area contributed by atoms with Crippen molar-refractivity contribution in [3.8, 4) is 0 Å².